The van der Waals surface area contributed by atoms with Gasteiger partial charge in [-0.3, -0.25) is 0 Å². The summed E-state index contributed by atoms with van der Waals surface area (Å²) in [5, 5.41) is 3.38. The van der Waals surface area contributed by atoms with Gasteiger partial charge in [-0.1, -0.05) is 13.0 Å². The average molecular weight is 163 g/mol. The van der Waals surface area contributed by atoms with E-state index in [2.05, 4.69) is 44.3 Å². The average Bonchev–Trinajstić information content (AvgIpc) is 1.99. The standard InChI is InChI=1S/C11H17N/c1-4-5-12-11-7-9(2)6-10(3)8-11/h6-8,12H,4-5H2,1-3H3. The molecule has 1 rings (SSSR count). The summed E-state index contributed by atoms with van der Waals surface area (Å²) in [4.78, 5) is 0. The Balaban J connectivity index is 2.72. The van der Waals surface area contributed by atoms with Crippen LogP contribution < -0.4 is 5.32 Å². The van der Waals surface area contributed by atoms with Crippen LogP contribution in [0.2, 0.25) is 0 Å². The zero-order chi connectivity index (χ0) is 8.97. The number of hydrogen-bond acceptors (Lipinski definition) is 1. The van der Waals surface area contributed by atoms with Gasteiger partial charge in [-0.25, -0.2) is 0 Å². The van der Waals surface area contributed by atoms with E-state index >= 15 is 0 Å². The van der Waals surface area contributed by atoms with E-state index in [0.717, 1.165) is 6.54 Å². The Labute approximate surface area is 74.8 Å². The van der Waals surface area contributed by atoms with Crippen molar-refractivity contribution in [3.63, 3.8) is 0 Å². The number of benzene rings is 1. The normalized spacial score (nSPS) is 9.92. The van der Waals surface area contributed by atoms with E-state index in [-0.39, 0.29) is 0 Å². The Kier molecular flexibility index (Phi) is 3.15. The molecule has 66 valence electrons. The number of rotatable bonds is 3. The SMILES string of the molecule is CCCNc1cc(C)cc(C)c1. The lowest BCUT2D eigenvalue weighted by Crippen LogP contribution is -1.99. The molecule has 0 heterocycles. The summed E-state index contributed by atoms with van der Waals surface area (Å²) < 4.78 is 0. The van der Waals surface area contributed by atoms with Crippen LogP contribution in [0.5, 0.6) is 0 Å². The number of anilines is 1. The molecule has 0 aliphatic heterocycles. The lowest BCUT2D eigenvalue weighted by Gasteiger charge is -2.06. The van der Waals surface area contributed by atoms with Gasteiger partial charge in [-0.2, -0.15) is 0 Å². The molecule has 0 atom stereocenters. The Morgan fingerprint density at radius 3 is 2.17 bits per heavy atom. The zero-order valence-corrected chi connectivity index (χ0v) is 8.15. The van der Waals surface area contributed by atoms with Crippen molar-refractivity contribution < 1.29 is 0 Å². The summed E-state index contributed by atoms with van der Waals surface area (Å²) in [6, 6.07) is 6.56. The highest BCUT2D eigenvalue weighted by Crippen LogP contribution is 2.13. The van der Waals surface area contributed by atoms with Crippen LogP contribution in [0.4, 0.5) is 5.69 Å². The van der Waals surface area contributed by atoms with Gasteiger partial charge in [0, 0.05) is 12.2 Å². The maximum atomic E-state index is 3.38. The van der Waals surface area contributed by atoms with Crippen LogP contribution >= 0.6 is 0 Å². The van der Waals surface area contributed by atoms with Gasteiger partial charge in [-0.05, 0) is 43.5 Å². The fourth-order valence-electron chi connectivity index (χ4n) is 1.35. The predicted octanol–water partition coefficient (Wildman–Crippen LogP) is 3.13. The van der Waals surface area contributed by atoms with Crippen LogP contribution in [0, 0.1) is 13.8 Å². The van der Waals surface area contributed by atoms with Gasteiger partial charge in [0.1, 0.15) is 0 Å². The van der Waals surface area contributed by atoms with Crippen LogP contribution in [0.3, 0.4) is 0 Å². The maximum Gasteiger partial charge on any atom is 0.0345 e. The largest absolute Gasteiger partial charge is 0.385 e. The van der Waals surface area contributed by atoms with Gasteiger partial charge >= 0.3 is 0 Å². The first kappa shape index (κ1) is 9.11. The number of nitrogens with one attached hydrogen (secondary N) is 1. The van der Waals surface area contributed by atoms with Crippen LogP contribution in [0.25, 0.3) is 0 Å². The third kappa shape index (κ3) is 2.57. The fraction of sp³-hybridized carbons (Fsp3) is 0.455. The molecule has 0 saturated heterocycles. The van der Waals surface area contributed by atoms with Crippen LogP contribution in [0.15, 0.2) is 18.2 Å². The van der Waals surface area contributed by atoms with Crippen molar-refractivity contribution in [1.82, 2.24) is 0 Å². The number of hydrogen-bond donors (Lipinski definition) is 1. The van der Waals surface area contributed by atoms with Gasteiger partial charge < -0.3 is 5.32 Å². The molecule has 0 saturated carbocycles. The van der Waals surface area contributed by atoms with Crippen molar-refractivity contribution in [3.05, 3.63) is 29.3 Å². The Hall–Kier alpha value is -0.980. The second-order valence-corrected chi connectivity index (χ2v) is 3.30. The predicted molar refractivity (Wildman–Crippen MR) is 54.7 cm³/mol. The first-order valence-corrected chi connectivity index (χ1v) is 4.54. The highest BCUT2D eigenvalue weighted by atomic mass is 14.9. The van der Waals surface area contributed by atoms with Crippen LogP contribution in [-0.2, 0) is 0 Å². The van der Waals surface area contributed by atoms with Gasteiger partial charge in [0.2, 0.25) is 0 Å². The highest BCUT2D eigenvalue weighted by molar-refractivity contribution is 5.48. The summed E-state index contributed by atoms with van der Waals surface area (Å²) in [6.07, 6.45) is 1.17. The minimum absolute atomic E-state index is 1.06. The quantitative estimate of drug-likeness (QED) is 0.722. The lowest BCUT2D eigenvalue weighted by molar-refractivity contribution is 0.979. The van der Waals surface area contributed by atoms with Crippen LogP contribution in [0.1, 0.15) is 24.5 Å². The summed E-state index contributed by atoms with van der Waals surface area (Å²) in [7, 11) is 0. The fourth-order valence-corrected chi connectivity index (χ4v) is 1.35. The molecule has 0 bridgehead atoms. The van der Waals surface area contributed by atoms with E-state index in [1.807, 2.05) is 0 Å². The van der Waals surface area contributed by atoms with Crippen molar-refractivity contribution in [1.29, 1.82) is 0 Å². The second kappa shape index (κ2) is 4.15. The molecule has 0 amide bonds. The molecule has 0 fully saturated rings. The topological polar surface area (TPSA) is 12.0 Å². The monoisotopic (exact) mass is 163 g/mol. The van der Waals surface area contributed by atoms with E-state index in [0.29, 0.717) is 0 Å². The first-order chi connectivity index (χ1) is 5.72. The van der Waals surface area contributed by atoms with Crippen molar-refractivity contribution in [2.45, 2.75) is 27.2 Å². The Bertz CT molecular complexity index is 233. The summed E-state index contributed by atoms with van der Waals surface area (Å²) in [6.45, 7) is 7.49. The molecule has 12 heavy (non-hydrogen) atoms. The Morgan fingerprint density at radius 2 is 1.67 bits per heavy atom. The smallest absolute Gasteiger partial charge is 0.0345 e. The molecule has 0 radical (unpaired) electrons. The van der Waals surface area contributed by atoms with Crippen molar-refractivity contribution >= 4 is 5.69 Å². The second-order valence-electron chi connectivity index (χ2n) is 3.30. The zero-order valence-electron chi connectivity index (χ0n) is 8.15. The first-order valence-electron chi connectivity index (χ1n) is 4.54. The van der Waals surface area contributed by atoms with E-state index in [1.165, 1.54) is 23.2 Å². The number of aryl methyl sites for hydroxylation is 2. The van der Waals surface area contributed by atoms with Gasteiger partial charge in [-0.15, -0.1) is 0 Å². The van der Waals surface area contributed by atoms with E-state index < -0.39 is 0 Å². The lowest BCUT2D eigenvalue weighted by atomic mass is 10.1. The van der Waals surface area contributed by atoms with Crippen molar-refractivity contribution in [3.8, 4) is 0 Å². The summed E-state index contributed by atoms with van der Waals surface area (Å²) >= 11 is 0. The molecule has 0 unspecified atom stereocenters. The molecular formula is C11H17N. The molecule has 0 spiro atoms. The van der Waals surface area contributed by atoms with Crippen LogP contribution in [-0.4, -0.2) is 6.54 Å². The minimum Gasteiger partial charge on any atom is -0.385 e. The molecule has 1 N–H and O–H groups in total. The van der Waals surface area contributed by atoms with E-state index in [4.69, 9.17) is 0 Å². The van der Waals surface area contributed by atoms with Crippen molar-refractivity contribution in [2.75, 3.05) is 11.9 Å². The van der Waals surface area contributed by atoms with Gasteiger partial charge in [0.05, 0.1) is 0 Å². The molecule has 1 aromatic carbocycles. The molecule has 0 aliphatic rings. The highest BCUT2D eigenvalue weighted by Gasteiger charge is 1.93. The van der Waals surface area contributed by atoms with Crippen molar-refractivity contribution in [2.24, 2.45) is 0 Å². The molecule has 1 heteroatoms. The van der Waals surface area contributed by atoms with E-state index in [1.54, 1.807) is 0 Å². The van der Waals surface area contributed by atoms with E-state index in [9.17, 15) is 0 Å². The molecule has 0 aromatic heterocycles. The summed E-state index contributed by atoms with van der Waals surface area (Å²) in [5.74, 6) is 0. The molecule has 0 aliphatic carbocycles. The molecular weight excluding hydrogens is 146 g/mol. The Morgan fingerprint density at radius 1 is 1.08 bits per heavy atom. The third-order valence-electron chi connectivity index (χ3n) is 1.80. The van der Waals surface area contributed by atoms with Gasteiger partial charge in [0.15, 0.2) is 0 Å². The molecule has 1 nitrogen and oxygen atoms in total. The minimum atomic E-state index is 1.06. The third-order valence-corrected chi connectivity index (χ3v) is 1.80. The van der Waals surface area contributed by atoms with Gasteiger partial charge in [0.25, 0.3) is 0 Å². The summed E-state index contributed by atoms with van der Waals surface area (Å²) in [5.41, 5.74) is 3.90. The maximum absolute atomic E-state index is 3.38. The molecule has 1 aromatic rings.